The molecule has 1 aliphatic heterocycles. The molecule has 7 nitrogen and oxygen atoms in total. The number of urea groups is 1. The van der Waals surface area contributed by atoms with Gasteiger partial charge in [0.1, 0.15) is 11.3 Å². The molecule has 146 valence electrons. The van der Waals surface area contributed by atoms with Crippen molar-refractivity contribution in [1.29, 1.82) is 0 Å². The molecule has 1 aromatic rings. The third kappa shape index (κ3) is 3.85. The Hall–Kier alpha value is -2.35. The molecule has 3 rings (SSSR count). The first-order valence-corrected chi connectivity index (χ1v) is 9.64. The number of hydrogen-bond donors (Lipinski definition) is 3. The summed E-state index contributed by atoms with van der Waals surface area (Å²) in [6.45, 7) is 3.87. The molecule has 0 bridgehead atoms. The average Bonchev–Trinajstić information content (AvgIpc) is 2.88. The highest BCUT2D eigenvalue weighted by atomic mass is 32.1. The molecule has 2 aliphatic rings. The lowest BCUT2D eigenvalue weighted by atomic mass is 9.86. The first-order chi connectivity index (χ1) is 12.8. The largest absolute Gasteiger partial charge is 0.497 e. The van der Waals surface area contributed by atoms with Gasteiger partial charge in [0, 0.05) is 6.04 Å². The number of nitrogens with zero attached hydrogens (tertiary/aromatic N) is 1. The van der Waals surface area contributed by atoms with Crippen molar-refractivity contribution >= 4 is 29.3 Å². The van der Waals surface area contributed by atoms with Crippen LogP contribution in [0.4, 0.5) is 4.79 Å². The van der Waals surface area contributed by atoms with E-state index < -0.39 is 17.5 Å². The van der Waals surface area contributed by atoms with Crippen molar-refractivity contribution in [1.82, 2.24) is 21.1 Å². The van der Waals surface area contributed by atoms with E-state index in [-0.39, 0.29) is 11.2 Å². The molecule has 1 saturated heterocycles. The fourth-order valence-corrected chi connectivity index (χ4v) is 3.94. The van der Waals surface area contributed by atoms with E-state index in [0.29, 0.717) is 17.2 Å². The van der Waals surface area contributed by atoms with Crippen LogP contribution >= 0.6 is 12.2 Å². The van der Waals surface area contributed by atoms with Crippen LogP contribution in [0.5, 0.6) is 5.75 Å². The van der Waals surface area contributed by atoms with Crippen molar-refractivity contribution in [2.24, 2.45) is 5.92 Å². The molecule has 3 amide bonds. The van der Waals surface area contributed by atoms with Gasteiger partial charge in [-0.3, -0.25) is 10.2 Å². The summed E-state index contributed by atoms with van der Waals surface area (Å²) in [4.78, 5) is 25.4. The van der Waals surface area contributed by atoms with E-state index in [0.717, 1.165) is 24.3 Å². The second-order valence-corrected chi connectivity index (χ2v) is 7.79. The van der Waals surface area contributed by atoms with E-state index >= 15 is 0 Å². The van der Waals surface area contributed by atoms with Crippen molar-refractivity contribution in [2.75, 3.05) is 7.11 Å². The molecule has 8 heteroatoms. The number of carbonyl (C=O) groups excluding carboxylic acids is 2. The minimum absolute atomic E-state index is 0.257. The van der Waals surface area contributed by atoms with Gasteiger partial charge in [-0.15, -0.1) is 0 Å². The summed E-state index contributed by atoms with van der Waals surface area (Å²) in [6.07, 6.45) is 4.57. The Bertz CT molecular complexity index is 739. The van der Waals surface area contributed by atoms with Gasteiger partial charge in [0.2, 0.25) is 0 Å². The Morgan fingerprint density at radius 2 is 1.93 bits per heavy atom. The number of methoxy groups -OCH3 is 1. The smallest absolute Gasteiger partial charge is 0.344 e. The summed E-state index contributed by atoms with van der Waals surface area (Å²) >= 11 is 5.34. The van der Waals surface area contributed by atoms with E-state index in [1.807, 2.05) is 0 Å². The van der Waals surface area contributed by atoms with Crippen molar-refractivity contribution in [2.45, 2.75) is 51.1 Å². The first-order valence-electron chi connectivity index (χ1n) is 9.23. The predicted molar refractivity (Wildman–Crippen MR) is 106 cm³/mol. The zero-order chi connectivity index (χ0) is 19.6. The Morgan fingerprint density at radius 3 is 2.56 bits per heavy atom. The topological polar surface area (TPSA) is 82.7 Å². The molecule has 0 radical (unpaired) electrons. The van der Waals surface area contributed by atoms with Crippen LogP contribution in [-0.4, -0.2) is 35.2 Å². The molecule has 1 heterocycles. The lowest BCUT2D eigenvalue weighted by Crippen LogP contribution is -2.54. The second kappa shape index (κ2) is 7.72. The van der Waals surface area contributed by atoms with Gasteiger partial charge in [-0.1, -0.05) is 31.9 Å². The lowest BCUT2D eigenvalue weighted by Gasteiger charge is -2.31. The van der Waals surface area contributed by atoms with Crippen LogP contribution in [0, 0.1) is 5.92 Å². The molecule has 2 fully saturated rings. The third-order valence-corrected chi connectivity index (χ3v) is 5.71. The van der Waals surface area contributed by atoms with E-state index in [2.05, 4.69) is 23.0 Å². The lowest BCUT2D eigenvalue weighted by molar-refractivity contribution is -0.132. The summed E-state index contributed by atoms with van der Waals surface area (Å²) in [6, 6.07) is 6.77. The molecule has 0 spiro atoms. The van der Waals surface area contributed by atoms with Crippen LogP contribution < -0.4 is 20.8 Å². The van der Waals surface area contributed by atoms with Gasteiger partial charge in [-0.05, 0) is 55.6 Å². The molecule has 3 atom stereocenters. The highest BCUT2D eigenvalue weighted by Gasteiger charge is 2.49. The van der Waals surface area contributed by atoms with Crippen molar-refractivity contribution < 1.29 is 14.3 Å². The third-order valence-electron chi connectivity index (χ3n) is 5.50. The number of rotatable bonds is 4. The number of benzene rings is 1. The van der Waals surface area contributed by atoms with Gasteiger partial charge in [0.25, 0.3) is 5.91 Å². The molecular formula is C19H26N4O3S. The zero-order valence-corrected chi connectivity index (χ0v) is 16.7. The number of amides is 3. The van der Waals surface area contributed by atoms with Gasteiger partial charge >= 0.3 is 6.03 Å². The quantitative estimate of drug-likeness (QED) is 0.541. The number of carbonyl (C=O) groups is 2. The molecule has 1 aromatic carbocycles. The maximum atomic E-state index is 12.9. The van der Waals surface area contributed by atoms with E-state index in [9.17, 15) is 9.59 Å². The number of imide groups is 1. The van der Waals surface area contributed by atoms with Gasteiger partial charge < -0.3 is 15.4 Å². The maximum Gasteiger partial charge on any atom is 0.344 e. The molecule has 1 aliphatic carbocycles. The van der Waals surface area contributed by atoms with Crippen LogP contribution in [-0.2, 0) is 10.3 Å². The molecule has 0 aromatic heterocycles. The number of hydrogen-bond acceptors (Lipinski definition) is 4. The fraction of sp³-hybridized carbons (Fsp3) is 0.526. The predicted octanol–water partition coefficient (Wildman–Crippen LogP) is 2.42. The Labute approximate surface area is 164 Å². The average molecular weight is 391 g/mol. The summed E-state index contributed by atoms with van der Waals surface area (Å²) < 4.78 is 5.15. The van der Waals surface area contributed by atoms with Crippen LogP contribution in [0.3, 0.4) is 0 Å². The number of thiocarbonyl (C=S) groups is 1. The summed E-state index contributed by atoms with van der Waals surface area (Å²) in [7, 11) is 1.58. The van der Waals surface area contributed by atoms with Gasteiger partial charge in [0.05, 0.1) is 7.11 Å². The minimum atomic E-state index is -1.16. The fourth-order valence-electron chi connectivity index (χ4n) is 3.69. The molecular weight excluding hydrogens is 364 g/mol. The van der Waals surface area contributed by atoms with E-state index in [1.165, 1.54) is 6.42 Å². The Balaban J connectivity index is 1.68. The van der Waals surface area contributed by atoms with Gasteiger partial charge in [-0.2, -0.15) is 5.01 Å². The maximum absolute atomic E-state index is 12.9. The van der Waals surface area contributed by atoms with Gasteiger partial charge in [0.15, 0.2) is 5.11 Å². The first kappa shape index (κ1) is 19.4. The van der Waals surface area contributed by atoms with Gasteiger partial charge in [-0.25, -0.2) is 4.79 Å². The SMILES string of the molecule is COc1ccc([C@@]2(C)NC(=O)N(NC(=S)N[C@H]3CCCC[C@@H]3C)C2=O)cc1. The van der Waals surface area contributed by atoms with E-state index in [4.69, 9.17) is 17.0 Å². The second-order valence-electron chi connectivity index (χ2n) is 7.38. The highest BCUT2D eigenvalue weighted by molar-refractivity contribution is 7.80. The zero-order valence-electron chi connectivity index (χ0n) is 15.9. The normalized spacial score (nSPS) is 27.9. The van der Waals surface area contributed by atoms with Crippen LogP contribution in [0.25, 0.3) is 0 Å². The number of ether oxygens (including phenoxy) is 1. The number of nitrogens with one attached hydrogen (secondary N) is 3. The Morgan fingerprint density at radius 1 is 1.26 bits per heavy atom. The molecule has 3 N–H and O–H groups in total. The summed E-state index contributed by atoms with van der Waals surface area (Å²) in [5.74, 6) is 0.783. The minimum Gasteiger partial charge on any atom is -0.497 e. The van der Waals surface area contributed by atoms with Crippen molar-refractivity contribution in [3.05, 3.63) is 29.8 Å². The van der Waals surface area contributed by atoms with Crippen LogP contribution in [0.1, 0.15) is 45.1 Å². The highest BCUT2D eigenvalue weighted by Crippen LogP contribution is 2.29. The van der Waals surface area contributed by atoms with Crippen LogP contribution in [0.15, 0.2) is 24.3 Å². The molecule has 27 heavy (non-hydrogen) atoms. The van der Waals surface area contributed by atoms with Crippen molar-refractivity contribution in [3.8, 4) is 5.75 Å². The van der Waals surface area contributed by atoms with Crippen LogP contribution in [0.2, 0.25) is 0 Å². The summed E-state index contributed by atoms with van der Waals surface area (Å²) in [5.41, 5.74) is 2.27. The van der Waals surface area contributed by atoms with Crippen molar-refractivity contribution in [3.63, 3.8) is 0 Å². The Kier molecular flexibility index (Phi) is 5.55. The van der Waals surface area contributed by atoms with E-state index in [1.54, 1.807) is 38.3 Å². The molecule has 1 saturated carbocycles. The summed E-state index contributed by atoms with van der Waals surface area (Å²) in [5, 5.41) is 7.24. The monoisotopic (exact) mass is 390 g/mol. The molecule has 0 unspecified atom stereocenters. The number of hydrazine groups is 1. The standard InChI is InChI=1S/C19H26N4O3S/c1-12-6-4-5-7-15(12)20-17(27)22-23-16(24)19(2,21-18(23)25)13-8-10-14(26-3)11-9-13/h8-12,15H,4-7H2,1-3H3,(H,21,25)(H2,20,22,27)/t12-,15-,19+/m0/s1.